The van der Waals surface area contributed by atoms with E-state index in [2.05, 4.69) is 6.92 Å². The molecule has 1 aliphatic rings. The Hall–Kier alpha value is -1.11. The van der Waals surface area contributed by atoms with Gasteiger partial charge in [0.1, 0.15) is 0 Å². The van der Waals surface area contributed by atoms with Crippen molar-refractivity contribution in [2.75, 3.05) is 0 Å². The van der Waals surface area contributed by atoms with E-state index in [-0.39, 0.29) is 5.92 Å². The highest BCUT2D eigenvalue weighted by Gasteiger charge is 2.27. The van der Waals surface area contributed by atoms with Crippen molar-refractivity contribution in [3.8, 4) is 0 Å². The Bertz CT molecular complexity index is 367. The molecule has 0 saturated heterocycles. The number of aryl methyl sites for hydroxylation is 1. The number of rotatable bonds is 2. The summed E-state index contributed by atoms with van der Waals surface area (Å²) in [5.74, 6) is 1.36. The van der Waals surface area contributed by atoms with Crippen molar-refractivity contribution in [2.45, 2.75) is 33.1 Å². The summed E-state index contributed by atoms with van der Waals surface area (Å²) in [4.78, 5) is 12.1. The maximum atomic E-state index is 12.1. The molecule has 15 heavy (non-hydrogen) atoms. The second-order valence-electron chi connectivity index (χ2n) is 4.85. The van der Waals surface area contributed by atoms with E-state index in [0.717, 1.165) is 24.3 Å². The molecule has 0 spiro atoms. The lowest BCUT2D eigenvalue weighted by Gasteiger charge is -2.08. The first-order valence-corrected chi connectivity index (χ1v) is 5.77. The minimum atomic E-state index is 0.279. The average Bonchev–Trinajstić information content (AvgIpc) is 2.64. The molecular weight excluding hydrogens is 184 g/mol. The van der Waals surface area contributed by atoms with Gasteiger partial charge in [-0.05, 0) is 38.2 Å². The summed E-state index contributed by atoms with van der Waals surface area (Å²) < 4.78 is 0. The Morgan fingerprint density at radius 3 is 2.73 bits per heavy atom. The van der Waals surface area contributed by atoms with Gasteiger partial charge in [-0.3, -0.25) is 4.79 Å². The Kier molecular flexibility index (Phi) is 2.90. The molecule has 0 N–H and O–H groups in total. The number of hydrogen-bond acceptors (Lipinski definition) is 1. The molecule has 1 saturated carbocycles. The summed E-state index contributed by atoms with van der Waals surface area (Å²) in [6.07, 6.45) is 3.36. The highest BCUT2D eigenvalue weighted by atomic mass is 16.1. The van der Waals surface area contributed by atoms with Gasteiger partial charge in [0, 0.05) is 11.5 Å². The Balaban J connectivity index is 2.14. The molecule has 1 aromatic carbocycles. The van der Waals surface area contributed by atoms with Crippen LogP contribution in [-0.4, -0.2) is 5.78 Å². The summed E-state index contributed by atoms with van der Waals surface area (Å²) in [6.45, 7) is 4.28. The quantitative estimate of drug-likeness (QED) is 0.669. The predicted octanol–water partition coefficient (Wildman–Crippen LogP) is 3.61. The van der Waals surface area contributed by atoms with Gasteiger partial charge >= 0.3 is 0 Å². The first-order valence-electron chi connectivity index (χ1n) is 5.77. The lowest BCUT2D eigenvalue weighted by molar-refractivity contribution is 0.0920. The molecule has 2 rings (SSSR count). The van der Waals surface area contributed by atoms with Gasteiger partial charge in [0.25, 0.3) is 0 Å². The van der Waals surface area contributed by atoms with Crippen molar-refractivity contribution in [2.24, 2.45) is 11.8 Å². The molecule has 0 radical (unpaired) electrons. The highest BCUT2D eigenvalue weighted by molar-refractivity contribution is 5.98. The zero-order valence-corrected chi connectivity index (χ0v) is 9.49. The zero-order valence-electron chi connectivity index (χ0n) is 9.49. The van der Waals surface area contributed by atoms with Gasteiger partial charge in [-0.15, -0.1) is 0 Å². The molecule has 0 amide bonds. The number of Topliss-reactive ketones (excluding diaryl/α,β-unsaturated/α-hetero) is 1. The van der Waals surface area contributed by atoms with E-state index in [0.29, 0.717) is 5.78 Å². The maximum Gasteiger partial charge on any atom is 0.165 e. The van der Waals surface area contributed by atoms with Gasteiger partial charge in [0.05, 0.1) is 0 Å². The van der Waals surface area contributed by atoms with Crippen LogP contribution < -0.4 is 0 Å². The third kappa shape index (κ3) is 2.28. The van der Waals surface area contributed by atoms with Gasteiger partial charge in [-0.25, -0.2) is 0 Å². The molecule has 1 heteroatoms. The van der Waals surface area contributed by atoms with E-state index in [1.165, 1.54) is 12.0 Å². The van der Waals surface area contributed by atoms with Crippen molar-refractivity contribution in [3.05, 3.63) is 35.4 Å². The molecule has 0 bridgehead atoms. The largest absolute Gasteiger partial charge is 0.294 e. The molecule has 1 aromatic rings. The molecule has 2 atom stereocenters. The van der Waals surface area contributed by atoms with Crippen LogP contribution in [-0.2, 0) is 0 Å². The van der Waals surface area contributed by atoms with Gasteiger partial charge in [-0.2, -0.15) is 0 Å². The van der Waals surface area contributed by atoms with Crippen LogP contribution in [0.5, 0.6) is 0 Å². The minimum Gasteiger partial charge on any atom is -0.294 e. The first-order chi connectivity index (χ1) is 7.16. The lowest BCUT2D eigenvalue weighted by Crippen LogP contribution is -2.11. The second-order valence-corrected chi connectivity index (χ2v) is 4.85. The number of carbonyl (C=O) groups excluding carboxylic acids is 1. The molecule has 2 unspecified atom stereocenters. The maximum absolute atomic E-state index is 12.1. The molecular formula is C14H18O. The molecule has 1 fully saturated rings. The van der Waals surface area contributed by atoms with Gasteiger partial charge < -0.3 is 0 Å². The summed E-state index contributed by atoms with van der Waals surface area (Å²) >= 11 is 0. The molecule has 80 valence electrons. The van der Waals surface area contributed by atoms with Crippen molar-refractivity contribution in [3.63, 3.8) is 0 Å². The summed E-state index contributed by atoms with van der Waals surface area (Å²) in [6, 6.07) is 7.96. The Labute approximate surface area is 91.5 Å². The number of hydrogen-bond donors (Lipinski definition) is 0. The summed E-state index contributed by atoms with van der Waals surface area (Å²) in [7, 11) is 0. The van der Waals surface area contributed by atoms with Crippen molar-refractivity contribution in [1.29, 1.82) is 0 Å². The van der Waals surface area contributed by atoms with Crippen LogP contribution in [0.15, 0.2) is 24.3 Å². The van der Waals surface area contributed by atoms with Crippen LogP contribution >= 0.6 is 0 Å². The van der Waals surface area contributed by atoms with E-state index < -0.39 is 0 Å². The van der Waals surface area contributed by atoms with Crippen LogP contribution in [0.25, 0.3) is 0 Å². The fraction of sp³-hybridized carbons (Fsp3) is 0.500. The number of benzene rings is 1. The summed E-state index contributed by atoms with van der Waals surface area (Å²) in [5, 5.41) is 0. The highest BCUT2D eigenvalue weighted by Crippen LogP contribution is 2.32. The van der Waals surface area contributed by atoms with Crippen LogP contribution in [0.3, 0.4) is 0 Å². The van der Waals surface area contributed by atoms with Gasteiger partial charge in [0.2, 0.25) is 0 Å². The fourth-order valence-electron chi connectivity index (χ4n) is 2.48. The fourth-order valence-corrected chi connectivity index (χ4v) is 2.48. The second kappa shape index (κ2) is 4.18. The first kappa shape index (κ1) is 10.4. The Morgan fingerprint density at radius 2 is 2.13 bits per heavy atom. The summed E-state index contributed by atoms with van der Waals surface area (Å²) in [5.41, 5.74) is 2.07. The predicted molar refractivity (Wildman–Crippen MR) is 62.0 cm³/mol. The number of ketones is 1. The van der Waals surface area contributed by atoms with E-state index in [1.807, 2.05) is 31.2 Å². The lowest BCUT2D eigenvalue weighted by atomic mass is 9.94. The zero-order chi connectivity index (χ0) is 10.8. The van der Waals surface area contributed by atoms with Gasteiger partial charge in [-0.1, -0.05) is 30.7 Å². The third-order valence-corrected chi connectivity index (χ3v) is 3.37. The average molecular weight is 202 g/mol. The van der Waals surface area contributed by atoms with E-state index in [4.69, 9.17) is 0 Å². The minimum absolute atomic E-state index is 0.279. The van der Waals surface area contributed by atoms with Crippen LogP contribution in [0, 0.1) is 18.8 Å². The SMILES string of the molecule is Cc1cccc(C(=O)C2CCC(C)C2)c1. The molecule has 0 aromatic heterocycles. The van der Waals surface area contributed by atoms with Crippen molar-refractivity contribution >= 4 is 5.78 Å². The van der Waals surface area contributed by atoms with Crippen LogP contribution in [0.4, 0.5) is 0 Å². The molecule has 0 heterocycles. The van der Waals surface area contributed by atoms with E-state index in [9.17, 15) is 4.79 Å². The van der Waals surface area contributed by atoms with Gasteiger partial charge in [0.15, 0.2) is 5.78 Å². The number of carbonyl (C=O) groups is 1. The smallest absolute Gasteiger partial charge is 0.165 e. The Morgan fingerprint density at radius 1 is 1.33 bits per heavy atom. The molecule has 1 nitrogen and oxygen atoms in total. The van der Waals surface area contributed by atoms with Crippen molar-refractivity contribution < 1.29 is 4.79 Å². The normalized spacial score (nSPS) is 25.5. The molecule has 1 aliphatic carbocycles. The standard InChI is InChI=1S/C14H18O/c1-10-4-3-5-12(8-10)14(15)13-7-6-11(2)9-13/h3-5,8,11,13H,6-7,9H2,1-2H3. The van der Waals surface area contributed by atoms with Crippen molar-refractivity contribution in [1.82, 2.24) is 0 Å². The monoisotopic (exact) mass is 202 g/mol. The third-order valence-electron chi connectivity index (χ3n) is 3.37. The van der Waals surface area contributed by atoms with Crippen LogP contribution in [0.2, 0.25) is 0 Å². The van der Waals surface area contributed by atoms with E-state index >= 15 is 0 Å². The van der Waals surface area contributed by atoms with Crippen LogP contribution in [0.1, 0.15) is 42.1 Å². The van der Waals surface area contributed by atoms with E-state index in [1.54, 1.807) is 0 Å². The molecule has 0 aliphatic heterocycles. The topological polar surface area (TPSA) is 17.1 Å².